The Bertz CT molecular complexity index is 415. The highest BCUT2D eigenvalue weighted by Crippen LogP contribution is 2.29. The summed E-state index contributed by atoms with van der Waals surface area (Å²) < 4.78 is 18.8. The van der Waals surface area contributed by atoms with E-state index in [9.17, 15) is 4.39 Å². The Hall–Kier alpha value is -0.550. The maximum atomic E-state index is 13.9. The van der Waals surface area contributed by atoms with Crippen molar-refractivity contribution in [3.8, 4) is 5.75 Å². The van der Waals surface area contributed by atoms with Crippen LogP contribution in [0.5, 0.6) is 5.75 Å². The highest BCUT2D eigenvalue weighted by molar-refractivity contribution is 5.85. The van der Waals surface area contributed by atoms with Crippen molar-refractivity contribution >= 4 is 24.8 Å². The average Bonchev–Trinajstić information content (AvgIpc) is 2.45. The molecule has 1 saturated heterocycles. The molecular weight excluding hydrogens is 314 g/mol. The SMILES string of the molecule is CCC[C@H](c1ccc(OC)c(F)c1)N1CCNCC1.Cl.Cl. The van der Waals surface area contributed by atoms with Crippen LogP contribution >= 0.6 is 24.8 Å². The molecule has 3 nitrogen and oxygen atoms in total. The minimum absolute atomic E-state index is 0. The molecule has 0 aromatic heterocycles. The Morgan fingerprint density at radius 2 is 1.95 bits per heavy atom. The van der Waals surface area contributed by atoms with E-state index in [1.54, 1.807) is 12.1 Å². The van der Waals surface area contributed by atoms with Crippen LogP contribution in [0.3, 0.4) is 0 Å². The van der Waals surface area contributed by atoms with Crippen molar-refractivity contribution in [1.82, 2.24) is 10.2 Å². The molecule has 1 N–H and O–H groups in total. The quantitative estimate of drug-likeness (QED) is 0.890. The number of nitrogens with zero attached hydrogens (tertiary/aromatic N) is 1. The molecule has 0 aliphatic carbocycles. The summed E-state index contributed by atoms with van der Waals surface area (Å²) >= 11 is 0. The minimum atomic E-state index is -0.267. The van der Waals surface area contributed by atoms with Crippen LogP contribution in [0.15, 0.2) is 18.2 Å². The molecule has 1 heterocycles. The number of halogens is 3. The summed E-state index contributed by atoms with van der Waals surface area (Å²) in [5, 5.41) is 3.36. The summed E-state index contributed by atoms with van der Waals surface area (Å²) in [6, 6.07) is 5.66. The highest BCUT2D eigenvalue weighted by atomic mass is 35.5. The Morgan fingerprint density at radius 1 is 1.29 bits per heavy atom. The molecule has 0 saturated carbocycles. The fourth-order valence-corrected chi connectivity index (χ4v) is 2.72. The first kappa shape index (κ1) is 20.5. The summed E-state index contributed by atoms with van der Waals surface area (Å²) in [6.45, 7) is 6.25. The molecule has 1 fully saturated rings. The van der Waals surface area contributed by atoms with Crippen LogP contribution in [0.4, 0.5) is 4.39 Å². The number of benzene rings is 1. The van der Waals surface area contributed by atoms with Crippen molar-refractivity contribution in [2.24, 2.45) is 0 Å². The van der Waals surface area contributed by atoms with Gasteiger partial charge in [0.05, 0.1) is 7.11 Å². The van der Waals surface area contributed by atoms with E-state index < -0.39 is 0 Å². The van der Waals surface area contributed by atoms with E-state index in [0.29, 0.717) is 11.8 Å². The molecule has 1 atom stereocenters. The molecule has 0 radical (unpaired) electrons. The number of hydrogen-bond acceptors (Lipinski definition) is 3. The third kappa shape index (κ3) is 5.29. The normalized spacial score (nSPS) is 16.5. The van der Waals surface area contributed by atoms with E-state index in [4.69, 9.17) is 4.74 Å². The molecule has 0 unspecified atom stereocenters. The van der Waals surface area contributed by atoms with Gasteiger partial charge in [-0.3, -0.25) is 4.90 Å². The van der Waals surface area contributed by atoms with Crippen LogP contribution in [0.1, 0.15) is 31.4 Å². The van der Waals surface area contributed by atoms with E-state index in [0.717, 1.165) is 44.6 Å². The monoisotopic (exact) mass is 338 g/mol. The second kappa shape index (κ2) is 10.2. The predicted molar refractivity (Wildman–Crippen MR) is 89.5 cm³/mol. The van der Waals surface area contributed by atoms with Crippen molar-refractivity contribution in [3.63, 3.8) is 0 Å². The van der Waals surface area contributed by atoms with Gasteiger partial charge < -0.3 is 10.1 Å². The van der Waals surface area contributed by atoms with Gasteiger partial charge in [-0.05, 0) is 24.1 Å². The average molecular weight is 339 g/mol. The molecule has 1 aliphatic rings. The smallest absolute Gasteiger partial charge is 0.165 e. The fraction of sp³-hybridized carbons (Fsp3) is 0.600. The Balaban J connectivity index is 0.00000200. The maximum Gasteiger partial charge on any atom is 0.165 e. The van der Waals surface area contributed by atoms with Gasteiger partial charge in [0.2, 0.25) is 0 Å². The van der Waals surface area contributed by atoms with Crippen LogP contribution in [0, 0.1) is 5.82 Å². The van der Waals surface area contributed by atoms with Crippen LogP contribution in [0.2, 0.25) is 0 Å². The first-order valence-electron chi connectivity index (χ1n) is 7.04. The first-order valence-corrected chi connectivity index (χ1v) is 7.04. The molecule has 1 aromatic carbocycles. The van der Waals surface area contributed by atoms with Crippen molar-refractivity contribution in [1.29, 1.82) is 0 Å². The summed E-state index contributed by atoms with van der Waals surface area (Å²) in [7, 11) is 1.50. The van der Waals surface area contributed by atoms with E-state index in [-0.39, 0.29) is 30.6 Å². The van der Waals surface area contributed by atoms with Gasteiger partial charge in [0.25, 0.3) is 0 Å². The predicted octanol–water partition coefficient (Wildman–Crippen LogP) is 3.42. The number of rotatable bonds is 5. The molecule has 0 spiro atoms. The van der Waals surface area contributed by atoms with Gasteiger partial charge >= 0.3 is 0 Å². The van der Waals surface area contributed by atoms with Gasteiger partial charge in [-0.15, -0.1) is 24.8 Å². The Labute approximate surface area is 139 Å². The highest BCUT2D eigenvalue weighted by Gasteiger charge is 2.22. The molecule has 6 heteroatoms. The van der Waals surface area contributed by atoms with Crippen molar-refractivity contribution < 1.29 is 9.13 Å². The third-order valence-corrected chi connectivity index (χ3v) is 3.72. The van der Waals surface area contributed by atoms with Gasteiger partial charge in [0.1, 0.15) is 0 Å². The number of methoxy groups -OCH3 is 1. The van der Waals surface area contributed by atoms with Crippen molar-refractivity contribution in [2.45, 2.75) is 25.8 Å². The first-order chi connectivity index (χ1) is 9.26. The second-order valence-corrected chi connectivity index (χ2v) is 4.98. The van der Waals surface area contributed by atoms with Crippen LogP contribution < -0.4 is 10.1 Å². The molecule has 21 heavy (non-hydrogen) atoms. The summed E-state index contributed by atoms with van der Waals surface area (Å²) in [6.07, 6.45) is 2.16. The zero-order valence-corrected chi connectivity index (χ0v) is 14.2. The minimum Gasteiger partial charge on any atom is -0.494 e. The zero-order valence-electron chi connectivity index (χ0n) is 12.6. The Morgan fingerprint density at radius 3 is 2.48 bits per heavy atom. The van der Waals surface area contributed by atoms with E-state index in [1.165, 1.54) is 7.11 Å². The topological polar surface area (TPSA) is 24.5 Å². The van der Waals surface area contributed by atoms with Crippen LogP contribution in [-0.4, -0.2) is 38.2 Å². The lowest BCUT2D eigenvalue weighted by atomic mass is 9.99. The lowest BCUT2D eigenvalue weighted by Gasteiger charge is -2.35. The van der Waals surface area contributed by atoms with Gasteiger partial charge in [-0.25, -0.2) is 4.39 Å². The molecule has 122 valence electrons. The second-order valence-electron chi connectivity index (χ2n) is 4.98. The summed E-state index contributed by atoms with van der Waals surface area (Å²) in [5.41, 5.74) is 1.06. The van der Waals surface area contributed by atoms with Crippen molar-refractivity contribution in [3.05, 3.63) is 29.6 Å². The largest absolute Gasteiger partial charge is 0.494 e. The van der Waals surface area contributed by atoms with Crippen LogP contribution in [0.25, 0.3) is 0 Å². The van der Waals surface area contributed by atoms with Gasteiger partial charge in [0.15, 0.2) is 11.6 Å². The van der Waals surface area contributed by atoms with E-state index >= 15 is 0 Å². The Kier molecular flexibility index (Phi) is 9.95. The van der Waals surface area contributed by atoms with Gasteiger partial charge in [-0.2, -0.15) is 0 Å². The van der Waals surface area contributed by atoms with E-state index in [2.05, 4.69) is 17.1 Å². The van der Waals surface area contributed by atoms with Crippen LogP contribution in [-0.2, 0) is 0 Å². The summed E-state index contributed by atoms with van der Waals surface area (Å²) in [5.74, 6) is 0.0514. The molecule has 0 bridgehead atoms. The number of ether oxygens (including phenoxy) is 1. The lowest BCUT2D eigenvalue weighted by molar-refractivity contribution is 0.164. The standard InChI is InChI=1S/C15H23FN2O.2ClH/c1-3-4-14(18-9-7-17-8-10-18)12-5-6-15(19-2)13(16)11-12;;/h5-6,11,14,17H,3-4,7-10H2,1-2H3;2*1H/t14-;;/m1../s1. The maximum absolute atomic E-state index is 13.9. The molecular formula is C15H25Cl2FN2O. The number of piperazine rings is 1. The number of hydrogen-bond donors (Lipinski definition) is 1. The van der Waals surface area contributed by atoms with Gasteiger partial charge in [0, 0.05) is 32.2 Å². The van der Waals surface area contributed by atoms with E-state index in [1.807, 2.05) is 6.07 Å². The van der Waals surface area contributed by atoms with Gasteiger partial charge in [-0.1, -0.05) is 19.4 Å². The van der Waals surface area contributed by atoms with Crippen molar-refractivity contribution in [2.75, 3.05) is 33.3 Å². The molecule has 0 amide bonds. The molecule has 2 rings (SSSR count). The number of nitrogens with one attached hydrogen (secondary N) is 1. The zero-order chi connectivity index (χ0) is 13.7. The fourth-order valence-electron chi connectivity index (χ4n) is 2.72. The lowest BCUT2D eigenvalue weighted by Crippen LogP contribution is -2.45. The third-order valence-electron chi connectivity index (χ3n) is 3.72. The summed E-state index contributed by atoms with van der Waals surface area (Å²) in [4.78, 5) is 2.45. The molecule has 1 aliphatic heterocycles. The molecule has 1 aromatic rings.